The highest BCUT2D eigenvalue weighted by Crippen LogP contribution is 2.25. The van der Waals surface area contributed by atoms with E-state index in [1.165, 1.54) is 0 Å². The van der Waals surface area contributed by atoms with E-state index in [4.69, 9.17) is 5.11 Å². The Kier molecular flexibility index (Phi) is 4.73. The van der Waals surface area contributed by atoms with Crippen molar-refractivity contribution in [2.24, 2.45) is 5.41 Å². The van der Waals surface area contributed by atoms with Crippen LogP contribution in [0, 0.1) is 5.41 Å². The summed E-state index contributed by atoms with van der Waals surface area (Å²) in [6, 6.07) is -0.657. The van der Waals surface area contributed by atoms with E-state index in [-0.39, 0.29) is 30.5 Å². The zero-order chi connectivity index (χ0) is 13.9. The SMILES string of the molecule is C[C@@H](CO)NC(=O)C1CCCN1C(=O)C(C)(C)C. The van der Waals surface area contributed by atoms with Crippen LogP contribution in [0.5, 0.6) is 0 Å². The van der Waals surface area contributed by atoms with E-state index in [1.807, 2.05) is 20.8 Å². The molecule has 0 aromatic rings. The molecule has 1 aliphatic rings. The van der Waals surface area contributed by atoms with Crippen LogP contribution in [0.15, 0.2) is 0 Å². The van der Waals surface area contributed by atoms with Crippen LogP contribution in [0.2, 0.25) is 0 Å². The number of hydrogen-bond donors (Lipinski definition) is 2. The lowest BCUT2D eigenvalue weighted by Crippen LogP contribution is -2.51. The van der Waals surface area contributed by atoms with Gasteiger partial charge in [0.25, 0.3) is 0 Å². The maximum atomic E-state index is 12.2. The highest BCUT2D eigenvalue weighted by Gasteiger charge is 2.38. The Bertz CT molecular complexity index is 323. The lowest BCUT2D eigenvalue weighted by Gasteiger charge is -2.30. The number of aliphatic hydroxyl groups excluding tert-OH is 1. The monoisotopic (exact) mass is 256 g/mol. The Balaban J connectivity index is 2.71. The first-order valence-electron chi connectivity index (χ1n) is 6.49. The lowest BCUT2D eigenvalue weighted by atomic mass is 9.94. The van der Waals surface area contributed by atoms with Crippen molar-refractivity contribution in [1.82, 2.24) is 10.2 Å². The van der Waals surface area contributed by atoms with Gasteiger partial charge in [-0.25, -0.2) is 0 Å². The van der Waals surface area contributed by atoms with E-state index >= 15 is 0 Å². The van der Waals surface area contributed by atoms with Crippen LogP contribution in [0.1, 0.15) is 40.5 Å². The molecule has 1 aliphatic heterocycles. The van der Waals surface area contributed by atoms with E-state index in [1.54, 1.807) is 11.8 Å². The molecule has 5 nitrogen and oxygen atoms in total. The van der Waals surface area contributed by atoms with Gasteiger partial charge in [-0.3, -0.25) is 9.59 Å². The van der Waals surface area contributed by atoms with Crippen LogP contribution in [0.25, 0.3) is 0 Å². The van der Waals surface area contributed by atoms with Crippen molar-refractivity contribution in [3.63, 3.8) is 0 Å². The van der Waals surface area contributed by atoms with Crippen molar-refractivity contribution in [3.05, 3.63) is 0 Å². The summed E-state index contributed by atoms with van der Waals surface area (Å²) in [4.78, 5) is 25.9. The largest absolute Gasteiger partial charge is 0.394 e. The fourth-order valence-electron chi connectivity index (χ4n) is 2.10. The van der Waals surface area contributed by atoms with Crippen LogP contribution in [0.4, 0.5) is 0 Å². The third-order valence-electron chi connectivity index (χ3n) is 3.12. The zero-order valence-corrected chi connectivity index (χ0v) is 11.7. The highest BCUT2D eigenvalue weighted by atomic mass is 16.3. The summed E-state index contributed by atoms with van der Waals surface area (Å²) in [6.07, 6.45) is 1.55. The normalized spacial score (nSPS) is 21.8. The van der Waals surface area contributed by atoms with E-state index in [0.29, 0.717) is 13.0 Å². The first-order chi connectivity index (χ1) is 8.27. The smallest absolute Gasteiger partial charge is 0.243 e. The molecule has 0 radical (unpaired) electrons. The van der Waals surface area contributed by atoms with Gasteiger partial charge in [-0.05, 0) is 19.8 Å². The van der Waals surface area contributed by atoms with Crippen molar-refractivity contribution in [1.29, 1.82) is 0 Å². The number of rotatable bonds is 3. The number of carbonyl (C=O) groups excluding carboxylic acids is 2. The molecule has 1 heterocycles. The predicted molar refractivity (Wildman–Crippen MR) is 68.9 cm³/mol. The van der Waals surface area contributed by atoms with Crippen LogP contribution >= 0.6 is 0 Å². The number of carbonyl (C=O) groups is 2. The summed E-state index contributed by atoms with van der Waals surface area (Å²) in [5.74, 6) is -0.150. The zero-order valence-electron chi connectivity index (χ0n) is 11.7. The number of likely N-dealkylation sites (tertiary alicyclic amines) is 1. The first kappa shape index (κ1) is 15.0. The van der Waals surface area contributed by atoms with Crippen molar-refractivity contribution in [2.75, 3.05) is 13.2 Å². The average molecular weight is 256 g/mol. The summed E-state index contributed by atoms with van der Waals surface area (Å²) >= 11 is 0. The second kappa shape index (κ2) is 5.69. The van der Waals surface area contributed by atoms with Crippen LogP contribution in [0.3, 0.4) is 0 Å². The minimum absolute atomic E-state index is 0.0109. The van der Waals surface area contributed by atoms with Gasteiger partial charge in [0.15, 0.2) is 0 Å². The molecule has 18 heavy (non-hydrogen) atoms. The quantitative estimate of drug-likeness (QED) is 0.773. The molecule has 0 aromatic heterocycles. The van der Waals surface area contributed by atoms with Crippen LogP contribution in [-0.2, 0) is 9.59 Å². The summed E-state index contributed by atoms with van der Waals surface area (Å²) in [5.41, 5.74) is -0.467. The number of nitrogens with zero attached hydrogens (tertiary/aromatic N) is 1. The summed E-state index contributed by atoms with van der Waals surface area (Å²) in [5, 5.41) is 11.7. The third kappa shape index (κ3) is 3.45. The molecule has 2 atom stereocenters. The molecule has 1 rings (SSSR count). The molecule has 1 saturated heterocycles. The molecule has 5 heteroatoms. The maximum absolute atomic E-state index is 12.2. The average Bonchev–Trinajstić information content (AvgIpc) is 2.75. The minimum atomic E-state index is -0.467. The Morgan fingerprint density at radius 2 is 2.06 bits per heavy atom. The highest BCUT2D eigenvalue weighted by molar-refractivity contribution is 5.90. The van der Waals surface area contributed by atoms with E-state index in [2.05, 4.69) is 5.32 Å². The molecule has 104 valence electrons. The molecular weight excluding hydrogens is 232 g/mol. The Morgan fingerprint density at radius 1 is 1.44 bits per heavy atom. The van der Waals surface area contributed by atoms with Crippen molar-refractivity contribution in [2.45, 2.75) is 52.6 Å². The first-order valence-corrected chi connectivity index (χ1v) is 6.49. The molecule has 0 spiro atoms. The van der Waals surface area contributed by atoms with Gasteiger partial charge in [-0.15, -0.1) is 0 Å². The van der Waals surface area contributed by atoms with Gasteiger partial charge in [0.2, 0.25) is 11.8 Å². The standard InChI is InChI=1S/C13H24N2O3/c1-9(8-16)14-11(17)10-6-5-7-15(10)12(18)13(2,3)4/h9-10,16H,5-8H2,1-4H3,(H,14,17)/t9-,10?/m0/s1. The molecule has 0 aliphatic carbocycles. The van der Waals surface area contributed by atoms with Crippen LogP contribution < -0.4 is 5.32 Å². The van der Waals surface area contributed by atoms with Crippen LogP contribution in [-0.4, -0.2) is 47.1 Å². The molecule has 1 unspecified atom stereocenters. The summed E-state index contributed by atoms with van der Waals surface area (Å²) < 4.78 is 0. The number of amides is 2. The third-order valence-corrected chi connectivity index (χ3v) is 3.12. The van der Waals surface area contributed by atoms with E-state index < -0.39 is 5.41 Å². The van der Waals surface area contributed by atoms with Gasteiger partial charge in [0, 0.05) is 18.0 Å². The van der Waals surface area contributed by atoms with E-state index in [0.717, 1.165) is 6.42 Å². The second-order valence-electron chi connectivity index (χ2n) is 6.00. The Hall–Kier alpha value is -1.10. The van der Waals surface area contributed by atoms with Gasteiger partial charge in [-0.1, -0.05) is 20.8 Å². The topological polar surface area (TPSA) is 69.6 Å². The molecular formula is C13H24N2O3. The fourth-order valence-corrected chi connectivity index (χ4v) is 2.10. The number of hydrogen-bond acceptors (Lipinski definition) is 3. The summed E-state index contributed by atoms with van der Waals surface area (Å²) in [7, 11) is 0. The van der Waals surface area contributed by atoms with Gasteiger partial charge in [-0.2, -0.15) is 0 Å². The maximum Gasteiger partial charge on any atom is 0.243 e. The van der Waals surface area contributed by atoms with Crippen molar-refractivity contribution < 1.29 is 14.7 Å². The summed E-state index contributed by atoms with van der Waals surface area (Å²) in [6.45, 7) is 7.87. The van der Waals surface area contributed by atoms with Gasteiger partial charge in [0.05, 0.1) is 6.61 Å². The fraction of sp³-hybridized carbons (Fsp3) is 0.846. The molecule has 0 saturated carbocycles. The number of nitrogens with one attached hydrogen (secondary N) is 1. The molecule has 0 bridgehead atoms. The van der Waals surface area contributed by atoms with Gasteiger partial charge in [0.1, 0.15) is 6.04 Å². The second-order valence-corrected chi connectivity index (χ2v) is 6.00. The number of aliphatic hydroxyl groups is 1. The van der Waals surface area contributed by atoms with E-state index in [9.17, 15) is 9.59 Å². The molecule has 0 aromatic carbocycles. The molecule has 2 amide bonds. The predicted octanol–water partition coefficient (Wildman–Crippen LogP) is 0.520. The molecule has 2 N–H and O–H groups in total. The Labute approximate surface area is 109 Å². The van der Waals surface area contributed by atoms with Crippen molar-refractivity contribution >= 4 is 11.8 Å². The van der Waals surface area contributed by atoms with Gasteiger partial charge < -0.3 is 15.3 Å². The van der Waals surface area contributed by atoms with Gasteiger partial charge >= 0.3 is 0 Å². The molecule has 1 fully saturated rings. The minimum Gasteiger partial charge on any atom is -0.394 e. The lowest BCUT2D eigenvalue weighted by molar-refractivity contribution is -0.144. The Morgan fingerprint density at radius 3 is 2.56 bits per heavy atom. The van der Waals surface area contributed by atoms with Crippen molar-refractivity contribution in [3.8, 4) is 0 Å².